The normalized spacial score (nSPS) is 19.5. The molecule has 0 unspecified atom stereocenters. The summed E-state index contributed by atoms with van der Waals surface area (Å²) < 4.78 is 13.8. The van der Waals surface area contributed by atoms with E-state index in [1.807, 2.05) is 51.1 Å². The molecule has 3 aliphatic rings. The van der Waals surface area contributed by atoms with Crippen LogP contribution in [0, 0.1) is 0 Å². The number of nitrogens with zero attached hydrogens (tertiary/aromatic N) is 4. The Morgan fingerprint density at radius 3 is 2.49 bits per heavy atom. The van der Waals surface area contributed by atoms with E-state index in [0.29, 0.717) is 31.0 Å². The molecule has 0 radical (unpaired) electrons. The SMILES string of the molecule is CC(C)(C)OC(=O)NC1CCN(C[C@@H]2CN3C(=O)CCc4c3n2c(=O)c[n+]4C(=O)OCc2ccccc2)CC1. The van der Waals surface area contributed by atoms with Gasteiger partial charge in [-0.3, -0.25) is 19.1 Å². The summed E-state index contributed by atoms with van der Waals surface area (Å²) in [6.07, 6.45) is 2.41. The van der Waals surface area contributed by atoms with E-state index in [4.69, 9.17) is 9.47 Å². The Bertz CT molecular complexity index is 1310. The monoisotopic (exact) mass is 538 g/mol. The highest BCUT2D eigenvalue weighted by Gasteiger charge is 2.45. The Hall–Kier alpha value is -3.73. The van der Waals surface area contributed by atoms with Crippen LogP contribution in [0.2, 0.25) is 0 Å². The van der Waals surface area contributed by atoms with Gasteiger partial charge in [-0.15, -0.1) is 0 Å². The van der Waals surface area contributed by atoms with Gasteiger partial charge in [-0.05, 0) is 39.2 Å². The molecule has 5 rings (SSSR count). The van der Waals surface area contributed by atoms with E-state index < -0.39 is 17.8 Å². The first-order chi connectivity index (χ1) is 18.6. The zero-order valence-corrected chi connectivity index (χ0v) is 22.7. The van der Waals surface area contributed by atoms with Crippen molar-refractivity contribution in [2.75, 3.05) is 31.1 Å². The summed E-state index contributed by atoms with van der Waals surface area (Å²) in [5, 5.41) is 2.95. The van der Waals surface area contributed by atoms with Crippen molar-refractivity contribution in [2.24, 2.45) is 0 Å². The molecule has 0 spiro atoms. The molecule has 3 aliphatic heterocycles. The molecule has 1 saturated heterocycles. The zero-order chi connectivity index (χ0) is 27.7. The number of nitrogens with one attached hydrogen (secondary N) is 1. The fourth-order valence-corrected chi connectivity index (χ4v) is 5.56. The van der Waals surface area contributed by atoms with Crippen molar-refractivity contribution in [1.29, 1.82) is 0 Å². The number of carbonyl (C=O) groups excluding carboxylic acids is 3. The van der Waals surface area contributed by atoms with E-state index in [0.717, 1.165) is 31.5 Å². The molecular formula is C28H36N5O6+. The summed E-state index contributed by atoms with van der Waals surface area (Å²) in [5.41, 5.74) is 0.584. The van der Waals surface area contributed by atoms with Gasteiger partial charge in [0.25, 0.3) is 0 Å². The average molecular weight is 539 g/mol. The highest BCUT2D eigenvalue weighted by Crippen LogP contribution is 2.34. The number of hydrogen-bond acceptors (Lipinski definition) is 7. The number of likely N-dealkylation sites (tertiary alicyclic amines) is 1. The smallest absolute Gasteiger partial charge is 0.444 e. The minimum absolute atomic E-state index is 0.0299. The van der Waals surface area contributed by atoms with Crippen LogP contribution < -0.4 is 20.3 Å². The number of aromatic nitrogens is 2. The lowest BCUT2D eigenvalue weighted by atomic mass is 10.0. The van der Waals surface area contributed by atoms with Gasteiger partial charge in [0.05, 0.1) is 6.04 Å². The van der Waals surface area contributed by atoms with Gasteiger partial charge >= 0.3 is 17.7 Å². The Morgan fingerprint density at radius 1 is 1.08 bits per heavy atom. The number of anilines is 1. The van der Waals surface area contributed by atoms with Crippen molar-refractivity contribution in [2.45, 2.75) is 70.7 Å². The molecule has 2 aromatic rings. The third-order valence-corrected chi connectivity index (χ3v) is 7.32. The molecule has 4 heterocycles. The molecule has 11 nitrogen and oxygen atoms in total. The summed E-state index contributed by atoms with van der Waals surface area (Å²) in [7, 11) is 0. The predicted molar refractivity (Wildman–Crippen MR) is 141 cm³/mol. The topological polar surface area (TPSA) is 114 Å². The third kappa shape index (κ3) is 5.98. The third-order valence-electron chi connectivity index (χ3n) is 7.32. The van der Waals surface area contributed by atoms with Crippen LogP contribution >= 0.6 is 0 Å². The van der Waals surface area contributed by atoms with Crippen LogP contribution in [0.4, 0.5) is 15.4 Å². The summed E-state index contributed by atoms with van der Waals surface area (Å²) in [6.45, 7) is 8.08. The van der Waals surface area contributed by atoms with Gasteiger partial charge in [0.15, 0.2) is 5.82 Å². The molecule has 1 fully saturated rings. The first-order valence-corrected chi connectivity index (χ1v) is 13.5. The molecule has 11 heteroatoms. The number of ether oxygens (including phenoxy) is 2. The number of benzene rings is 1. The Kier molecular flexibility index (Phi) is 7.44. The molecule has 1 N–H and O–H groups in total. The molecule has 1 aromatic carbocycles. The maximum absolute atomic E-state index is 13.3. The fraction of sp³-hybridized carbons (Fsp3) is 0.536. The van der Waals surface area contributed by atoms with Crippen LogP contribution in [0.5, 0.6) is 0 Å². The summed E-state index contributed by atoms with van der Waals surface area (Å²) in [6, 6.07) is 9.15. The first kappa shape index (κ1) is 26.9. The van der Waals surface area contributed by atoms with E-state index in [1.165, 1.54) is 10.8 Å². The highest BCUT2D eigenvalue weighted by atomic mass is 16.6. The van der Waals surface area contributed by atoms with Gasteiger partial charge in [0, 0.05) is 45.1 Å². The maximum atomic E-state index is 13.3. The minimum Gasteiger partial charge on any atom is -0.444 e. The Labute approximate surface area is 227 Å². The van der Waals surface area contributed by atoms with E-state index in [2.05, 4.69) is 10.2 Å². The standard InChI is InChI=1S/C28H35N5O6/c1-28(2,3)39-26(36)29-20-11-13-30(14-12-20)15-21-16-32-23(34)10-9-22-25(32)33(21)24(35)17-31(22)27(37)38-18-19-7-5-4-6-8-19/h4-8,17,20-21H,9-16,18H2,1-3H3/p+1/t21-/m1/s1. The summed E-state index contributed by atoms with van der Waals surface area (Å²) in [4.78, 5) is 55.2. The van der Waals surface area contributed by atoms with Gasteiger partial charge in [-0.2, -0.15) is 4.79 Å². The number of hydrogen-bond donors (Lipinski definition) is 1. The highest BCUT2D eigenvalue weighted by molar-refractivity contribution is 5.95. The van der Waals surface area contributed by atoms with Gasteiger partial charge in [-0.25, -0.2) is 4.79 Å². The van der Waals surface area contributed by atoms with Crippen molar-refractivity contribution in [3.63, 3.8) is 0 Å². The van der Waals surface area contributed by atoms with Crippen molar-refractivity contribution in [3.05, 3.63) is 58.1 Å². The first-order valence-electron chi connectivity index (χ1n) is 13.5. The maximum Gasteiger partial charge on any atom is 0.602 e. The number of alkyl carbamates (subject to hydrolysis) is 1. The predicted octanol–water partition coefficient (Wildman–Crippen LogP) is 2.14. The Balaban J connectivity index is 1.27. The lowest BCUT2D eigenvalue weighted by Crippen LogP contribution is -2.53. The van der Waals surface area contributed by atoms with Crippen molar-refractivity contribution in [3.8, 4) is 0 Å². The van der Waals surface area contributed by atoms with Crippen molar-refractivity contribution < 1.29 is 28.4 Å². The van der Waals surface area contributed by atoms with E-state index in [-0.39, 0.29) is 36.6 Å². The van der Waals surface area contributed by atoms with Crippen LogP contribution in [-0.4, -0.2) is 65.4 Å². The number of carbonyl (C=O) groups is 3. The van der Waals surface area contributed by atoms with Crippen LogP contribution in [0.1, 0.15) is 57.3 Å². The average Bonchev–Trinajstić information content (AvgIpc) is 3.27. The fourth-order valence-electron chi connectivity index (χ4n) is 5.56. The number of piperidine rings is 1. The van der Waals surface area contributed by atoms with Gasteiger partial charge in [0.2, 0.25) is 17.8 Å². The zero-order valence-electron chi connectivity index (χ0n) is 22.7. The van der Waals surface area contributed by atoms with Crippen LogP contribution in [-0.2, 0) is 27.3 Å². The molecule has 0 bridgehead atoms. The van der Waals surface area contributed by atoms with E-state index in [9.17, 15) is 19.2 Å². The molecule has 2 amide bonds. The second-order valence-corrected chi connectivity index (χ2v) is 11.4. The minimum atomic E-state index is -0.633. The van der Waals surface area contributed by atoms with Crippen molar-refractivity contribution >= 4 is 23.9 Å². The second-order valence-electron chi connectivity index (χ2n) is 11.4. The van der Waals surface area contributed by atoms with E-state index in [1.54, 1.807) is 9.47 Å². The van der Waals surface area contributed by atoms with E-state index >= 15 is 0 Å². The second kappa shape index (κ2) is 10.8. The largest absolute Gasteiger partial charge is 0.602 e. The summed E-state index contributed by atoms with van der Waals surface area (Å²) >= 11 is 0. The van der Waals surface area contributed by atoms with Crippen LogP contribution in [0.25, 0.3) is 0 Å². The van der Waals surface area contributed by atoms with Gasteiger partial charge in [0.1, 0.15) is 12.2 Å². The molecule has 1 aromatic heterocycles. The van der Waals surface area contributed by atoms with Gasteiger partial charge in [-0.1, -0.05) is 34.9 Å². The molecule has 1 atom stereocenters. The van der Waals surface area contributed by atoms with Crippen molar-refractivity contribution in [1.82, 2.24) is 14.8 Å². The lowest BCUT2D eigenvalue weighted by Gasteiger charge is -2.34. The van der Waals surface area contributed by atoms with Crippen LogP contribution in [0.15, 0.2) is 41.3 Å². The molecule has 0 aliphatic carbocycles. The number of amides is 2. The Morgan fingerprint density at radius 2 is 1.79 bits per heavy atom. The number of rotatable bonds is 5. The van der Waals surface area contributed by atoms with Gasteiger partial charge < -0.3 is 19.7 Å². The molecule has 208 valence electrons. The molecule has 39 heavy (non-hydrogen) atoms. The quantitative estimate of drug-likeness (QED) is 0.580. The summed E-state index contributed by atoms with van der Waals surface area (Å²) in [5.74, 6) is 0.454. The lowest BCUT2D eigenvalue weighted by molar-refractivity contribution is -0.596. The molecular weight excluding hydrogens is 502 g/mol. The molecule has 0 saturated carbocycles. The van der Waals surface area contributed by atoms with Crippen LogP contribution in [0.3, 0.4) is 0 Å².